The molecule has 4 heteroatoms. The summed E-state index contributed by atoms with van der Waals surface area (Å²) in [4.78, 5) is 0. The highest BCUT2D eigenvalue weighted by Crippen LogP contribution is 2.02. The molecule has 1 aromatic heterocycles. The quantitative estimate of drug-likeness (QED) is 0.698. The van der Waals surface area contributed by atoms with Gasteiger partial charge in [-0.05, 0) is 32.2 Å². The van der Waals surface area contributed by atoms with Crippen molar-refractivity contribution in [3.05, 3.63) is 12.2 Å². The van der Waals surface area contributed by atoms with Crippen LogP contribution in [0, 0.1) is 5.92 Å². The molecule has 86 valence electrons. The number of aryl methyl sites for hydroxylation is 1. The van der Waals surface area contributed by atoms with Gasteiger partial charge >= 0.3 is 0 Å². The molecule has 0 saturated heterocycles. The molecule has 15 heavy (non-hydrogen) atoms. The van der Waals surface area contributed by atoms with Gasteiger partial charge in [0, 0.05) is 6.54 Å². The Morgan fingerprint density at radius 1 is 1.47 bits per heavy atom. The summed E-state index contributed by atoms with van der Waals surface area (Å²) < 4.78 is 2.06. The SMILES string of the molecule is CCn1cnnc1CNCCCC(C)C. The van der Waals surface area contributed by atoms with Gasteiger partial charge in [0.2, 0.25) is 0 Å². The first-order valence-corrected chi connectivity index (χ1v) is 5.81. The van der Waals surface area contributed by atoms with Crippen LogP contribution in [0.15, 0.2) is 6.33 Å². The van der Waals surface area contributed by atoms with Gasteiger partial charge in [-0.3, -0.25) is 0 Å². The zero-order valence-electron chi connectivity index (χ0n) is 10.0. The van der Waals surface area contributed by atoms with E-state index in [9.17, 15) is 0 Å². The maximum absolute atomic E-state index is 4.07. The first-order chi connectivity index (χ1) is 7.24. The Hall–Kier alpha value is -0.900. The molecule has 0 aliphatic carbocycles. The Balaban J connectivity index is 2.15. The van der Waals surface area contributed by atoms with E-state index < -0.39 is 0 Å². The Bertz CT molecular complexity index is 267. The van der Waals surface area contributed by atoms with Crippen molar-refractivity contribution in [2.45, 2.75) is 46.7 Å². The van der Waals surface area contributed by atoms with Gasteiger partial charge in [-0.25, -0.2) is 0 Å². The van der Waals surface area contributed by atoms with E-state index in [0.29, 0.717) is 0 Å². The van der Waals surface area contributed by atoms with Gasteiger partial charge < -0.3 is 9.88 Å². The highest BCUT2D eigenvalue weighted by Gasteiger charge is 2.01. The Kier molecular flexibility index (Phi) is 5.32. The Morgan fingerprint density at radius 2 is 2.27 bits per heavy atom. The molecule has 1 rings (SSSR count). The molecule has 0 radical (unpaired) electrons. The predicted octanol–water partition coefficient (Wildman–Crippen LogP) is 1.82. The fourth-order valence-electron chi connectivity index (χ4n) is 1.52. The van der Waals surface area contributed by atoms with E-state index in [1.165, 1.54) is 12.8 Å². The molecule has 1 N–H and O–H groups in total. The van der Waals surface area contributed by atoms with Crippen LogP contribution in [-0.4, -0.2) is 21.3 Å². The average Bonchev–Trinajstić information content (AvgIpc) is 2.64. The van der Waals surface area contributed by atoms with Crippen LogP contribution in [0.3, 0.4) is 0 Å². The molecule has 0 aliphatic heterocycles. The molecule has 0 atom stereocenters. The summed E-state index contributed by atoms with van der Waals surface area (Å²) in [5, 5.41) is 11.4. The summed E-state index contributed by atoms with van der Waals surface area (Å²) >= 11 is 0. The lowest BCUT2D eigenvalue weighted by atomic mass is 10.1. The van der Waals surface area contributed by atoms with Crippen molar-refractivity contribution in [3.8, 4) is 0 Å². The van der Waals surface area contributed by atoms with Crippen LogP contribution in [0.4, 0.5) is 0 Å². The number of nitrogens with zero attached hydrogens (tertiary/aromatic N) is 3. The monoisotopic (exact) mass is 210 g/mol. The molecule has 0 aliphatic rings. The molecular formula is C11H22N4. The van der Waals surface area contributed by atoms with Gasteiger partial charge in [-0.2, -0.15) is 0 Å². The molecule has 4 nitrogen and oxygen atoms in total. The average molecular weight is 210 g/mol. The van der Waals surface area contributed by atoms with Crippen LogP contribution in [-0.2, 0) is 13.1 Å². The normalized spacial score (nSPS) is 11.2. The molecule has 1 heterocycles. The summed E-state index contributed by atoms with van der Waals surface area (Å²) in [6.45, 7) is 9.45. The topological polar surface area (TPSA) is 42.7 Å². The van der Waals surface area contributed by atoms with Gasteiger partial charge in [-0.15, -0.1) is 10.2 Å². The van der Waals surface area contributed by atoms with Crippen molar-refractivity contribution in [2.24, 2.45) is 5.92 Å². The van der Waals surface area contributed by atoms with Crippen molar-refractivity contribution >= 4 is 0 Å². The number of aromatic nitrogens is 3. The first kappa shape index (κ1) is 12.2. The van der Waals surface area contributed by atoms with E-state index in [-0.39, 0.29) is 0 Å². The standard InChI is InChI=1S/C11H22N4/c1-4-15-9-13-14-11(15)8-12-7-5-6-10(2)3/h9-10,12H,4-8H2,1-3H3. The van der Waals surface area contributed by atoms with Crippen molar-refractivity contribution in [1.29, 1.82) is 0 Å². The maximum atomic E-state index is 4.07. The van der Waals surface area contributed by atoms with Crippen LogP contribution in [0.5, 0.6) is 0 Å². The highest BCUT2D eigenvalue weighted by molar-refractivity contribution is 4.84. The minimum atomic E-state index is 0.797. The van der Waals surface area contributed by atoms with Crippen LogP contribution in [0.1, 0.15) is 39.4 Å². The van der Waals surface area contributed by atoms with Crippen LogP contribution >= 0.6 is 0 Å². The maximum Gasteiger partial charge on any atom is 0.146 e. The molecule has 0 saturated carbocycles. The number of rotatable bonds is 7. The van der Waals surface area contributed by atoms with E-state index in [2.05, 4.69) is 40.9 Å². The Morgan fingerprint density at radius 3 is 2.93 bits per heavy atom. The number of hydrogen-bond acceptors (Lipinski definition) is 3. The van der Waals surface area contributed by atoms with Crippen molar-refractivity contribution in [3.63, 3.8) is 0 Å². The van der Waals surface area contributed by atoms with Crippen molar-refractivity contribution < 1.29 is 0 Å². The van der Waals surface area contributed by atoms with Gasteiger partial charge in [0.05, 0.1) is 6.54 Å². The number of nitrogens with one attached hydrogen (secondary N) is 1. The summed E-state index contributed by atoms with van der Waals surface area (Å²) in [5.74, 6) is 1.83. The van der Waals surface area contributed by atoms with Gasteiger partial charge in [0.15, 0.2) is 0 Å². The molecule has 0 bridgehead atoms. The van der Waals surface area contributed by atoms with Crippen molar-refractivity contribution in [1.82, 2.24) is 20.1 Å². The third-order valence-electron chi connectivity index (χ3n) is 2.45. The fraction of sp³-hybridized carbons (Fsp3) is 0.818. The fourth-order valence-corrected chi connectivity index (χ4v) is 1.52. The third-order valence-corrected chi connectivity index (χ3v) is 2.45. The predicted molar refractivity (Wildman–Crippen MR) is 61.5 cm³/mol. The zero-order valence-corrected chi connectivity index (χ0v) is 10.0. The van der Waals surface area contributed by atoms with Crippen LogP contribution in [0.2, 0.25) is 0 Å². The highest BCUT2D eigenvalue weighted by atomic mass is 15.3. The molecular weight excluding hydrogens is 188 g/mol. The smallest absolute Gasteiger partial charge is 0.146 e. The molecule has 0 unspecified atom stereocenters. The largest absolute Gasteiger partial charge is 0.317 e. The van der Waals surface area contributed by atoms with E-state index in [1.54, 1.807) is 6.33 Å². The Labute approximate surface area is 92.1 Å². The van der Waals surface area contributed by atoms with Gasteiger partial charge in [0.1, 0.15) is 12.2 Å². The van der Waals surface area contributed by atoms with Crippen LogP contribution < -0.4 is 5.32 Å². The second-order valence-electron chi connectivity index (χ2n) is 4.25. The second kappa shape index (κ2) is 6.56. The third kappa shape index (κ3) is 4.42. The van der Waals surface area contributed by atoms with Crippen LogP contribution in [0.25, 0.3) is 0 Å². The van der Waals surface area contributed by atoms with E-state index in [4.69, 9.17) is 0 Å². The lowest BCUT2D eigenvalue weighted by Crippen LogP contribution is -2.18. The molecule has 0 amide bonds. The van der Waals surface area contributed by atoms with E-state index in [1.807, 2.05) is 0 Å². The molecule has 0 spiro atoms. The van der Waals surface area contributed by atoms with Gasteiger partial charge in [-0.1, -0.05) is 13.8 Å². The second-order valence-corrected chi connectivity index (χ2v) is 4.25. The number of hydrogen-bond donors (Lipinski definition) is 1. The first-order valence-electron chi connectivity index (χ1n) is 5.81. The molecule has 1 aromatic rings. The minimum Gasteiger partial charge on any atom is -0.317 e. The lowest BCUT2D eigenvalue weighted by molar-refractivity contribution is 0.518. The summed E-state index contributed by atoms with van der Waals surface area (Å²) in [7, 11) is 0. The molecule has 0 fully saturated rings. The summed E-state index contributed by atoms with van der Waals surface area (Å²) in [6.07, 6.45) is 4.30. The van der Waals surface area contributed by atoms with Gasteiger partial charge in [0.25, 0.3) is 0 Å². The zero-order chi connectivity index (χ0) is 11.1. The van der Waals surface area contributed by atoms with Crippen molar-refractivity contribution in [2.75, 3.05) is 6.54 Å². The van der Waals surface area contributed by atoms with E-state index >= 15 is 0 Å². The summed E-state index contributed by atoms with van der Waals surface area (Å²) in [5.41, 5.74) is 0. The lowest BCUT2D eigenvalue weighted by Gasteiger charge is -2.06. The minimum absolute atomic E-state index is 0.797. The summed E-state index contributed by atoms with van der Waals surface area (Å²) in [6, 6.07) is 0. The molecule has 0 aromatic carbocycles. The van der Waals surface area contributed by atoms with E-state index in [0.717, 1.165) is 31.4 Å².